The van der Waals surface area contributed by atoms with Crippen molar-refractivity contribution in [1.29, 1.82) is 0 Å². The summed E-state index contributed by atoms with van der Waals surface area (Å²) in [6.45, 7) is 8.87. The van der Waals surface area contributed by atoms with Crippen LogP contribution in [-0.2, 0) is 0 Å². The molecule has 86 valence electrons. The van der Waals surface area contributed by atoms with E-state index in [1.807, 2.05) is 13.0 Å². The lowest BCUT2D eigenvalue weighted by Crippen LogP contribution is -2.01. The molecule has 1 aliphatic carbocycles. The first kappa shape index (κ1) is 11.3. The second-order valence-corrected chi connectivity index (χ2v) is 4.49. The zero-order valence-corrected chi connectivity index (χ0v) is 10.2. The van der Waals surface area contributed by atoms with Gasteiger partial charge in [0.05, 0.1) is 6.61 Å². The molecule has 1 nitrogen and oxygen atoms in total. The molecule has 1 aromatic carbocycles. The number of rotatable bonds is 5. The first-order valence-electron chi connectivity index (χ1n) is 6.16. The van der Waals surface area contributed by atoms with E-state index >= 15 is 0 Å². The summed E-state index contributed by atoms with van der Waals surface area (Å²) in [5.41, 5.74) is 2.82. The second kappa shape index (κ2) is 4.73. The molecule has 0 saturated heterocycles. The second-order valence-electron chi connectivity index (χ2n) is 4.49. The fourth-order valence-corrected chi connectivity index (χ4v) is 2.18. The maximum absolute atomic E-state index is 5.74. The number of ether oxygens (including phenoxy) is 1. The molecule has 1 atom stereocenters. The minimum Gasteiger partial charge on any atom is -0.494 e. The van der Waals surface area contributed by atoms with Crippen molar-refractivity contribution in [1.82, 2.24) is 0 Å². The van der Waals surface area contributed by atoms with Crippen LogP contribution in [0.4, 0.5) is 0 Å². The molecule has 1 fully saturated rings. The van der Waals surface area contributed by atoms with Gasteiger partial charge < -0.3 is 4.74 Å². The molecule has 0 bridgehead atoms. The van der Waals surface area contributed by atoms with Crippen LogP contribution >= 0.6 is 0 Å². The smallest absolute Gasteiger partial charge is 0.123 e. The molecule has 0 amide bonds. The van der Waals surface area contributed by atoms with Gasteiger partial charge in [0.1, 0.15) is 5.75 Å². The molecule has 0 heterocycles. The van der Waals surface area contributed by atoms with Gasteiger partial charge in [-0.15, -0.1) is 6.58 Å². The summed E-state index contributed by atoms with van der Waals surface area (Å²) in [7, 11) is 0. The van der Waals surface area contributed by atoms with Crippen LogP contribution in [-0.4, -0.2) is 6.61 Å². The normalized spacial score (nSPS) is 16.9. The van der Waals surface area contributed by atoms with Gasteiger partial charge in [0.15, 0.2) is 0 Å². The van der Waals surface area contributed by atoms with Gasteiger partial charge in [0.2, 0.25) is 0 Å². The van der Waals surface area contributed by atoms with E-state index in [-0.39, 0.29) is 0 Å². The highest BCUT2D eigenvalue weighted by Gasteiger charge is 2.30. The summed E-state index contributed by atoms with van der Waals surface area (Å²) < 4.78 is 5.74. The molecule has 0 aromatic heterocycles. The lowest BCUT2D eigenvalue weighted by Gasteiger charge is -2.17. The van der Waals surface area contributed by atoms with E-state index in [2.05, 4.69) is 31.7 Å². The quantitative estimate of drug-likeness (QED) is 0.668. The topological polar surface area (TPSA) is 9.23 Å². The summed E-state index contributed by atoms with van der Waals surface area (Å²) in [4.78, 5) is 0. The van der Waals surface area contributed by atoms with Crippen molar-refractivity contribution >= 4 is 0 Å². The van der Waals surface area contributed by atoms with Gasteiger partial charge in [-0.2, -0.15) is 0 Å². The molecule has 0 radical (unpaired) electrons. The van der Waals surface area contributed by atoms with Crippen molar-refractivity contribution in [3.63, 3.8) is 0 Å². The van der Waals surface area contributed by atoms with Crippen LogP contribution in [0.2, 0.25) is 0 Å². The number of hydrogen-bond donors (Lipinski definition) is 0. The average Bonchev–Trinajstić information content (AvgIpc) is 3.12. The van der Waals surface area contributed by atoms with Gasteiger partial charge in [0.25, 0.3) is 0 Å². The average molecular weight is 216 g/mol. The van der Waals surface area contributed by atoms with Crippen molar-refractivity contribution in [3.05, 3.63) is 42.0 Å². The molecule has 16 heavy (non-hydrogen) atoms. The van der Waals surface area contributed by atoms with Crippen molar-refractivity contribution in [2.24, 2.45) is 0 Å². The van der Waals surface area contributed by atoms with Crippen LogP contribution in [0.5, 0.6) is 5.75 Å². The van der Waals surface area contributed by atoms with Gasteiger partial charge in [-0.3, -0.25) is 0 Å². The highest BCUT2D eigenvalue weighted by Crippen LogP contribution is 2.47. The Morgan fingerprint density at radius 1 is 1.50 bits per heavy atom. The van der Waals surface area contributed by atoms with Crippen molar-refractivity contribution in [2.45, 2.75) is 38.5 Å². The molecule has 0 aliphatic heterocycles. The van der Waals surface area contributed by atoms with E-state index in [9.17, 15) is 0 Å². The lowest BCUT2D eigenvalue weighted by molar-refractivity contribution is 0.336. The Morgan fingerprint density at radius 3 is 2.81 bits per heavy atom. The van der Waals surface area contributed by atoms with Crippen LogP contribution in [0.1, 0.15) is 49.7 Å². The van der Waals surface area contributed by atoms with Gasteiger partial charge in [0, 0.05) is 5.56 Å². The Bertz CT molecular complexity index is 377. The number of hydrogen-bond acceptors (Lipinski definition) is 1. The molecule has 1 heteroatoms. The molecule has 2 rings (SSSR count). The van der Waals surface area contributed by atoms with Crippen LogP contribution < -0.4 is 4.74 Å². The Labute approximate surface area is 98.1 Å². The fourth-order valence-electron chi connectivity index (χ4n) is 2.18. The molecule has 1 aromatic rings. The Hall–Kier alpha value is -1.24. The zero-order chi connectivity index (χ0) is 11.5. The Morgan fingerprint density at radius 2 is 2.25 bits per heavy atom. The Kier molecular flexibility index (Phi) is 3.33. The standard InChI is InChI=1S/C15H20O/c1-4-11(3)13-7-6-8-14(16-5-2)15(13)12-9-10-12/h4,6-8,11-12H,1,5,9-10H2,2-3H3. The predicted molar refractivity (Wildman–Crippen MR) is 68.2 cm³/mol. The summed E-state index contributed by atoms with van der Waals surface area (Å²) in [6, 6.07) is 6.39. The highest BCUT2D eigenvalue weighted by atomic mass is 16.5. The summed E-state index contributed by atoms with van der Waals surface area (Å²) in [6.07, 6.45) is 4.62. The lowest BCUT2D eigenvalue weighted by atomic mass is 9.92. The molecule has 1 aliphatic rings. The summed E-state index contributed by atoms with van der Waals surface area (Å²) in [5, 5.41) is 0. The molecular weight excluding hydrogens is 196 g/mol. The van der Waals surface area contributed by atoms with Gasteiger partial charge in [-0.1, -0.05) is 25.1 Å². The van der Waals surface area contributed by atoms with Crippen molar-refractivity contribution in [2.75, 3.05) is 6.61 Å². The third-order valence-corrected chi connectivity index (χ3v) is 3.23. The first-order valence-corrected chi connectivity index (χ1v) is 6.16. The summed E-state index contributed by atoms with van der Waals surface area (Å²) >= 11 is 0. The zero-order valence-electron chi connectivity index (χ0n) is 10.2. The number of allylic oxidation sites excluding steroid dienone is 1. The molecule has 0 N–H and O–H groups in total. The summed E-state index contributed by atoms with van der Waals surface area (Å²) in [5.74, 6) is 2.22. The van der Waals surface area contributed by atoms with Gasteiger partial charge in [-0.25, -0.2) is 0 Å². The predicted octanol–water partition coefficient (Wildman–Crippen LogP) is 4.25. The van der Waals surface area contributed by atoms with E-state index in [0.29, 0.717) is 5.92 Å². The van der Waals surface area contributed by atoms with E-state index in [1.165, 1.54) is 24.0 Å². The molecule has 1 saturated carbocycles. The van der Waals surface area contributed by atoms with Crippen LogP contribution in [0.3, 0.4) is 0 Å². The maximum Gasteiger partial charge on any atom is 0.123 e. The minimum atomic E-state index is 0.413. The SMILES string of the molecule is C=CC(C)c1cccc(OCC)c1C1CC1. The van der Waals surface area contributed by atoms with Crippen LogP contribution in [0.15, 0.2) is 30.9 Å². The maximum atomic E-state index is 5.74. The molecular formula is C15H20O. The Balaban J connectivity index is 2.42. The van der Waals surface area contributed by atoms with Crippen LogP contribution in [0.25, 0.3) is 0 Å². The highest BCUT2D eigenvalue weighted by molar-refractivity contribution is 5.47. The minimum absolute atomic E-state index is 0.413. The van der Waals surface area contributed by atoms with E-state index in [4.69, 9.17) is 4.74 Å². The fraction of sp³-hybridized carbons (Fsp3) is 0.467. The third-order valence-electron chi connectivity index (χ3n) is 3.23. The van der Waals surface area contributed by atoms with Crippen molar-refractivity contribution < 1.29 is 4.74 Å². The molecule has 0 spiro atoms. The number of benzene rings is 1. The monoisotopic (exact) mass is 216 g/mol. The largest absolute Gasteiger partial charge is 0.494 e. The molecule has 1 unspecified atom stereocenters. The van der Waals surface area contributed by atoms with Crippen molar-refractivity contribution in [3.8, 4) is 5.75 Å². The van der Waals surface area contributed by atoms with E-state index in [0.717, 1.165) is 18.3 Å². The third kappa shape index (κ3) is 2.13. The van der Waals surface area contributed by atoms with E-state index in [1.54, 1.807) is 0 Å². The van der Waals surface area contributed by atoms with E-state index < -0.39 is 0 Å². The van der Waals surface area contributed by atoms with Gasteiger partial charge in [-0.05, 0) is 43.2 Å². The van der Waals surface area contributed by atoms with Gasteiger partial charge >= 0.3 is 0 Å². The first-order chi connectivity index (χ1) is 7.77. The van der Waals surface area contributed by atoms with Crippen LogP contribution in [0, 0.1) is 0 Å².